The summed E-state index contributed by atoms with van der Waals surface area (Å²) in [6, 6.07) is 11.4. The van der Waals surface area contributed by atoms with Gasteiger partial charge in [0.05, 0.1) is 0 Å². The number of hydrogen-bond donors (Lipinski definition) is 0. The lowest BCUT2D eigenvalue weighted by atomic mass is 10.2. The van der Waals surface area contributed by atoms with Crippen LogP contribution < -0.4 is 0 Å². The van der Waals surface area contributed by atoms with Crippen LogP contribution in [-0.2, 0) is 4.74 Å². The van der Waals surface area contributed by atoms with Crippen LogP contribution in [-0.4, -0.2) is 23.3 Å². The van der Waals surface area contributed by atoms with Gasteiger partial charge in [0, 0.05) is 26.3 Å². The number of thiophene rings is 1. The summed E-state index contributed by atoms with van der Waals surface area (Å²) >= 11 is 2.93. The first-order valence-electron chi connectivity index (χ1n) is 7.33. The van der Waals surface area contributed by atoms with Gasteiger partial charge >= 0.3 is 5.97 Å². The van der Waals surface area contributed by atoms with Gasteiger partial charge in [0.2, 0.25) is 5.78 Å². The van der Waals surface area contributed by atoms with E-state index >= 15 is 0 Å². The maximum absolute atomic E-state index is 12.2. The number of hydrogen-bond acceptors (Lipinski definition) is 6. The molecule has 1 aromatic carbocycles. The van der Waals surface area contributed by atoms with E-state index in [1.165, 1.54) is 11.3 Å². The topological polar surface area (TPSA) is 56.3 Å². The molecule has 0 spiro atoms. The Hall–Kier alpha value is -2.31. The minimum absolute atomic E-state index is 0.191. The molecule has 2 aromatic heterocycles. The number of benzene rings is 1. The zero-order chi connectivity index (χ0) is 17.1. The molecule has 0 atom stereocenters. The summed E-state index contributed by atoms with van der Waals surface area (Å²) in [6.45, 7) is 3.56. The first kappa shape index (κ1) is 16.5. The average Bonchev–Trinajstić information content (AvgIpc) is 3.20. The fraction of sp³-hybridized carbons (Fsp3) is 0.167. The second kappa shape index (κ2) is 7.07. The molecule has 2 heterocycles. The summed E-state index contributed by atoms with van der Waals surface area (Å²) in [7, 11) is 0. The Morgan fingerprint density at radius 1 is 1.17 bits per heavy atom. The highest BCUT2D eigenvalue weighted by atomic mass is 32.1. The van der Waals surface area contributed by atoms with Crippen molar-refractivity contribution in [2.75, 3.05) is 6.61 Å². The van der Waals surface area contributed by atoms with Crippen LogP contribution in [0.3, 0.4) is 0 Å². The number of carbonyl (C=O) groups is 2. The van der Waals surface area contributed by atoms with Crippen molar-refractivity contribution in [1.29, 1.82) is 0 Å². The molecule has 0 fully saturated rings. The molecule has 0 saturated carbocycles. The number of carbonyl (C=O) groups excluding carboxylic acids is 2. The molecule has 4 nitrogen and oxygen atoms in total. The SMILES string of the molecule is Cc1cc(C(=O)COC(=O)c2csc(-c3ccccc3)n2)c(C)s1. The number of ketones is 1. The third-order valence-electron chi connectivity index (χ3n) is 3.41. The third-order valence-corrected chi connectivity index (χ3v) is 5.27. The minimum atomic E-state index is -0.577. The van der Waals surface area contributed by atoms with Gasteiger partial charge in [-0.3, -0.25) is 4.79 Å². The Labute approximate surface area is 147 Å². The van der Waals surface area contributed by atoms with Gasteiger partial charge in [0.15, 0.2) is 12.3 Å². The van der Waals surface area contributed by atoms with Crippen LogP contribution in [0.2, 0.25) is 0 Å². The molecule has 0 amide bonds. The molecule has 0 radical (unpaired) electrons. The number of ether oxygens (including phenoxy) is 1. The number of nitrogens with zero attached hydrogens (tertiary/aromatic N) is 1. The van der Waals surface area contributed by atoms with Crippen molar-refractivity contribution in [3.63, 3.8) is 0 Å². The van der Waals surface area contributed by atoms with Crippen molar-refractivity contribution in [3.05, 3.63) is 62.8 Å². The van der Waals surface area contributed by atoms with Crippen LogP contribution in [0.4, 0.5) is 0 Å². The zero-order valence-electron chi connectivity index (χ0n) is 13.2. The Bertz CT molecular complexity index is 881. The number of aromatic nitrogens is 1. The standard InChI is InChI=1S/C18H15NO3S2/c1-11-8-14(12(2)24-11)16(20)9-22-18(21)15-10-23-17(19-15)13-6-4-3-5-7-13/h3-8,10H,9H2,1-2H3. The molecule has 122 valence electrons. The second-order valence-electron chi connectivity index (χ2n) is 5.23. The van der Waals surface area contributed by atoms with Gasteiger partial charge in [-0.25, -0.2) is 9.78 Å². The fourth-order valence-corrected chi connectivity index (χ4v) is 4.01. The van der Waals surface area contributed by atoms with Crippen LogP contribution in [0, 0.1) is 13.8 Å². The van der Waals surface area contributed by atoms with Gasteiger partial charge in [-0.15, -0.1) is 22.7 Å². The van der Waals surface area contributed by atoms with E-state index in [0.29, 0.717) is 5.56 Å². The van der Waals surface area contributed by atoms with Crippen LogP contribution in [0.1, 0.15) is 30.6 Å². The van der Waals surface area contributed by atoms with Crippen LogP contribution >= 0.6 is 22.7 Å². The van der Waals surface area contributed by atoms with Gasteiger partial charge in [-0.05, 0) is 19.9 Å². The summed E-state index contributed by atoms with van der Waals surface area (Å²) in [4.78, 5) is 30.5. The number of rotatable bonds is 5. The molecule has 0 aliphatic carbocycles. The predicted octanol–water partition coefficient (Wildman–Crippen LogP) is 4.53. The molecule has 0 aliphatic rings. The number of esters is 1. The third kappa shape index (κ3) is 3.60. The summed E-state index contributed by atoms with van der Waals surface area (Å²) < 4.78 is 5.12. The van der Waals surface area contributed by atoms with E-state index in [9.17, 15) is 9.59 Å². The van der Waals surface area contributed by atoms with E-state index in [1.807, 2.05) is 50.2 Å². The van der Waals surface area contributed by atoms with E-state index in [1.54, 1.807) is 16.7 Å². The van der Waals surface area contributed by atoms with Gasteiger partial charge in [-0.1, -0.05) is 30.3 Å². The normalized spacial score (nSPS) is 10.6. The van der Waals surface area contributed by atoms with Crippen molar-refractivity contribution in [3.8, 4) is 10.6 Å². The van der Waals surface area contributed by atoms with Crippen molar-refractivity contribution >= 4 is 34.4 Å². The molecule has 0 N–H and O–H groups in total. The highest BCUT2D eigenvalue weighted by molar-refractivity contribution is 7.13. The van der Waals surface area contributed by atoms with E-state index < -0.39 is 5.97 Å². The zero-order valence-corrected chi connectivity index (χ0v) is 14.9. The first-order valence-corrected chi connectivity index (χ1v) is 9.02. The minimum Gasteiger partial charge on any atom is -0.453 e. The summed E-state index contributed by atoms with van der Waals surface area (Å²) in [5.74, 6) is -0.768. The van der Waals surface area contributed by atoms with Gasteiger partial charge in [0.1, 0.15) is 5.01 Å². The smallest absolute Gasteiger partial charge is 0.358 e. The molecular weight excluding hydrogens is 342 g/mol. The van der Waals surface area contributed by atoms with Crippen LogP contribution in [0.25, 0.3) is 10.6 Å². The number of thiazole rings is 1. The van der Waals surface area contributed by atoms with E-state index in [4.69, 9.17) is 4.74 Å². The maximum Gasteiger partial charge on any atom is 0.358 e. The Kier molecular flexibility index (Phi) is 4.87. The lowest BCUT2D eigenvalue weighted by molar-refractivity contribution is 0.0470. The maximum atomic E-state index is 12.2. The van der Waals surface area contributed by atoms with Gasteiger partial charge in [-0.2, -0.15) is 0 Å². The molecule has 0 aliphatic heterocycles. The van der Waals surface area contributed by atoms with Crippen molar-refractivity contribution in [2.45, 2.75) is 13.8 Å². The quantitative estimate of drug-likeness (QED) is 0.497. The van der Waals surface area contributed by atoms with Crippen LogP contribution in [0.5, 0.6) is 0 Å². The molecule has 6 heteroatoms. The highest BCUT2D eigenvalue weighted by Crippen LogP contribution is 2.24. The Balaban J connectivity index is 1.64. The highest BCUT2D eigenvalue weighted by Gasteiger charge is 2.17. The molecule has 0 saturated heterocycles. The molecular formula is C18H15NO3S2. The summed E-state index contributed by atoms with van der Waals surface area (Å²) in [5.41, 5.74) is 1.79. The van der Waals surface area contributed by atoms with Crippen molar-refractivity contribution in [2.24, 2.45) is 0 Å². The lowest BCUT2D eigenvalue weighted by Crippen LogP contribution is -2.14. The summed E-state index contributed by atoms with van der Waals surface area (Å²) in [5, 5.41) is 2.40. The predicted molar refractivity (Wildman–Crippen MR) is 96.0 cm³/mol. The second-order valence-corrected chi connectivity index (χ2v) is 7.55. The van der Waals surface area contributed by atoms with E-state index in [-0.39, 0.29) is 18.1 Å². The number of aryl methyl sites for hydroxylation is 2. The largest absolute Gasteiger partial charge is 0.453 e. The molecule has 3 aromatic rings. The van der Waals surface area contributed by atoms with Crippen molar-refractivity contribution in [1.82, 2.24) is 4.98 Å². The van der Waals surface area contributed by atoms with Crippen molar-refractivity contribution < 1.29 is 14.3 Å². The first-order chi connectivity index (χ1) is 11.5. The Morgan fingerprint density at radius 2 is 1.92 bits per heavy atom. The van der Waals surface area contributed by atoms with Gasteiger partial charge < -0.3 is 4.74 Å². The molecule has 24 heavy (non-hydrogen) atoms. The summed E-state index contributed by atoms with van der Waals surface area (Å²) in [6.07, 6.45) is 0. The molecule has 3 rings (SSSR count). The molecule has 0 unspecified atom stereocenters. The molecule has 0 bridgehead atoms. The Morgan fingerprint density at radius 3 is 2.58 bits per heavy atom. The lowest BCUT2D eigenvalue weighted by Gasteiger charge is -2.02. The van der Waals surface area contributed by atoms with E-state index in [2.05, 4.69) is 4.98 Å². The average molecular weight is 357 g/mol. The fourth-order valence-electron chi connectivity index (χ4n) is 2.27. The van der Waals surface area contributed by atoms with E-state index in [0.717, 1.165) is 20.3 Å². The monoisotopic (exact) mass is 357 g/mol. The van der Waals surface area contributed by atoms with Gasteiger partial charge in [0.25, 0.3) is 0 Å². The number of Topliss-reactive ketones (excluding diaryl/α,β-unsaturated/α-hetero) is 1. The van der Waals surface area contributed by atoms with Crippen LogP contribution in [0.15, 0.2) is 41.8 Å².